The number of aryl methyl sites for hydroxylation is 1. The predicted molar refractivity (Wildman–Crippen MR) is 82.5 cm³/mol. The summed E-state index contributed by atoms with van der Waals surface area (Å²) in [6.45, 7) is 6.45. The lowest BCUT2D eigenvalue weighted by Crippen LogP contribution is -2.21. The third-order valence-corrected chi connectivity index (χ3v) is 4.67. The van der Waals surface area contributed by atoms with E-state index in [-0.39, 0.29) is 16.7 Å². The Bertz CT molecular complexity index is 481. The number of aromatic nitrogens is 2. The van der Waals surface area contributed by atoms with Crippen LogP contribution in [-0.2, 0) is 0 Å². The first-order chi connectivity index (χ1) is 9.50. The van der Waals surface area contributed by atoms with Crippen LogP contribution in [0.2, 0.25) is 0 Å². The molecular weight excluding hydrogens is 276 g/mol. The van der Waals surface area contributed by atoms with Crippen LogP contribution in [0.15, 0.2) is 0 Å². The van der Waals surface area contributed by atoms with Crippen LogP contribution >= 0.6 is 11.8 Å². The number of nitrogens with zero attached hydrogens (tertiary/aromatic N) is 3. The summed E-state index contributed by atoms with van der Waals surface area (Å²) >= 11 is 1.99. The van der Waals surface area contributed by atoms with Gasteiger partial charge in [-0.15, -0.1) is 0 Å². The minimum atomic E-state index is -0.333. The number of nitrogens with one attached hydrogen (secondary N) is 1. The van der Waals surface area contributed by atoms with Gasteiger partial charge in [0.15, 0.2) is 0 Å². The second-order valence-electron chi connectivity index (χ2n) is 5.51. The standard InChI is InChI=1S/C13H22N4O2S/c1-9(2)16-13(12(17(18)19)10(3)15-16)14-8-11-4-6-20-7-5-11/h9,11,14H,4-8H2,1-3H3. The van der Waals surface area contributed by atoms with Gasteiger partial charge in [-0.2, -0.15) is 16.9 Å². The second-order valence-corrected chi connectivity index (χ2v) is 6.74. The molecule has 20 heavy (non-hydrogen) atoms. The van der Waals surface area contributed by atoms with Crippen molar-refractivity contribution in [2.75, 3.05) is 23.4 Å². The molecule has 0 aliphatic carbocycles. The summed E-state index contributed by atoms with van der Waals surface area (Å²) in [5, 5.41) is 18.8. The SMILES string of the molecule is Cc1nn(C(C)C)c(NCC2CCSCC2)c1[N+](=O)[O-]. The smallest absolute Gasteiger partial charge is 0.333 e. The average molecular weight is 298 g/mol. The van der Waals surface area contributed by atoms with Gasteiger partial charge in [-0.25, -0.2) is 4.68 Å². The number of hydrogen-bond acceptors (Lipinski definition) is 5. The first kappa shape index (κ1) is 15.2. The Morgan fingerprint density at radius 1 is 1.50 bits per heavy atom. The van der Waals surface area contributed by atoms with Crippen molar-refractivity contribution >= 4 is 23.3 Å². The molecule has 112 valence electrons. The van der Waals surface area contributed by atoms with Crippen LogP contribution in [0.25, 0.3) is 0 Å². The summed E-state index contributed by atoms with van der Waals surface area (Å²) in [6.07, 6.45) is 2.36. The van der Waals surface area contributed by atoms with Crippen LogP contribution in [-0.4, -0.2) is 32.8 Å². The molecule has 1 aromatic rings. The van der Waals surface area contributed by atoms with Gasteiger partial charge in [0.1, 0.15) is 5.69 Å². The van der Waals surface area contributed by atoms with Gasteiger partial charge < -0.3 is 5.32 Å². The lowest BCUT2D eigenvalue weighted by molar-refractivity contribution is -0.384. The van der Waals surface area contributed by atoms with E-state index in [1.165, 1.54) is 24.3 Å². The predicted octanol–water partition coefficient (Wildman–Crippen LogP) is 3.24. The number of nitro groups is 1. The van der Waals surface area contributed by atoms with E-state index in [4.69, 9.17) is 0 Å². The van der Waals surface area contributed by atoms with Crippen LogP contribution in [0.4, 0.5) is 11.5 Å². The highest BCUT2D eigenvalue weighted by Crippen LogP contribution is 2.31. The van der Waals surface area contributed by atoms with Gasteiger partial charge in [-0.05, 0) is 51.0 Å². The number of rotatable bonds is 5. The van der Waals surface area contributed by atoms with Crippen molar-refractivity contribution in [1.29, 1.82) is 0 Å². The van der Waals surface area contributed by atoms with Crippen LogP contribution in [0, 0.1) is 23.0 Å². The largest absolute Gasteiger partial charge is 0.364 e. The van der Waals surface area contributed by atoms with Crippen molar-refractivity contribution in [1.82, 2.24) is 9.78 Å². The molecule has 0 saturated carbocycles. The van der Waals surface area contributed by atoms with Gasteiger partial charge >= 0.3 is 5.69 Å². The summed E-state index contributed by atoms with van der Waals surface area (Å²) in [4.78, 5) is 10.9. The molecular formula is C13H22N4O2S. The van der Waals surface area contributed by atoms with Crippen molar-refractivity contribution in [2.45, 2.75) is 39.7 Å². The highest BCUT2D eigenvalue weighted by atomic mass is 32.2. The van der Waals surface area contributed by atoms with E-state index >= 15 is 0 Å². The zero-order chi connectivity index (χ0) is 14.7. The topological polar surface area (TPSA) is 73.0 Å². The van der Waals surface area contributed by atoms with Crippen LogP contribution in [0.1, 0.15) is 38.4 Å². The van der Waals surface area contributed by atoms with Gasteiger partial charge in [-0.3, -0.25) is 10.1 Å². The third kappa shape index (κ3) is 3.26. The number of anilines is 1. The Balaban J connectivity index is 2.17. The summed E-state index contributed by atoms with van der Waals surface area (Å²) in [7, 11) is 0. The fraction of sp³-hybridized carbons (Fsp3) is 0.769. The van der Waals surface area contributed by atoms with E-state index in [9.17, 15) is 10.1 Å². The Kier molecular flexibility index (Phi) is 4.91. The molecule has 1 aromatic heterocycles. The lowest BCUT2D eigenvalue weighted by atomic mass is 10.0. The van der Waals surface area contributed by atoms with Crippen molar-refractivity contribution in [3.63, 3.8) is 0 Å². The van der Waals surface area contributed by atoms with E-state index in [0.29, 0.717) is 17.4 Å². The van der Waals surface area contributed by atoms with E-state index in [1.54, 1.807) is 11.6 Å². The Morgan fingerprint density at radius 3 is 2.70 bits per heavy atom. The molecule has 1 aliphatic heterocycles. The maximum absolute atomic E-state index is 11.2. The molecule has 1 aliphatic rings. The van der Waals surface area contributed by atoms with Crippen molar-refractivity contribution < 1.29 is 4.92 Å². The molecule has 0 unspecified atom stereocenters. The van der Waals surface area contributed by atoms with E-state index in [2.05, 4.69) is 10.4 Å². The minimum absolute atomic E-state index is 0.104. The zero-order valence-electron chi connectivity index (χ0n) is 12.3. The third-order valence-electron chi connectivity index (χ3n) is 3.62. The molecule has 7 heteroatoms. The Hall–Kier alpha value is -1.24. The summed E-state index contributed by atoms with van der Waals surface area (Å²) in [6, 6.07) is 0.104. The molecule has 0 spiro atoms. The molecule has 0 radical (unpaired) electrons. The average Bonchev–Trinajstić information content (AvgIpc) is 2.74. The maximum atomic E-state index is 11.2. The second kappa shape index (κ2) is 6.47. The maximum Gasteiger partial charge on any atom is 0.333 e. The minimum Gasteiger partial charge on any atom is -0.364 e. The molecule has 2 heterocycles. The molecule has 0 aromatic carbocycles. The molecule has 1 saturated heterocycles. The Labute approximate surface area is 123 Å². The fourth-order valence-corrected chi connectivity index (χ4v) is 3.69. The molecule has 1 N–H and O–H groups in total. The van der Waals surface area contributed by atoms with Crippen LogP contribution in [0.3, 0.4) is 0 Å². The van der Waals surface area contributed by atoms with Gasteiger partial charge in [0.25, 0.3) is 0 Å². The molecule has 0 atom stereocenters. The molecule has 2 rings (SSSR count). The molecule has 0 bridgehead atoms. The Morgan fingerprint density at radius 2 is 2.15 bits per heavy atom. The highest BCUT2D eigenvalue weighted by molar-refractivity contribution is 7.99. The number of hydrogen-bond donors (Lipinski definition) is 1. The van der Waals surface area contributed by atoms with E-state index in [0.717, 1.165) is 6.54 Å². The van der Waals surface area contributed by atoms with Crippen molar-refractivity contribution in [3.8, 4) is 0 Å². The van der Waals surface area contributed by atoms with Crippen LogP contribution < -0.4 is 5.32 Å². The van der Waals surface area contributed by atoms with E-state index in [1.807, 2.05) is 25.6 Å². The first-order valence-corrected chi connectivity index (χ1v) is 8.21. The van der Waals surface area contributed by atoms with Gasteiger partial charge in [-0.1, -0.05) is 0 Å². The first-order valence-electron chi connectivity index (χ1n) is 7.05. The van der Waals surface area contributed by atoms with Crippen molar-refractivity contribution in [3.05, 3.63) is 15.8 Å². The lowest BCUT2D eigenvalue weighted by Gasteiger charge is -2.22. The molecule has 1 fully saturated rings. The van der Waals surface area contributed by atoms with Gasteiger partial charge in [0.05, 0.1) is 4.92 Å². The highest BCUT2D eigenvalue weighted by Gasteiger charge is 2.27. The summed E-state index contributed by atoms with van der Waals surface area (Å²) < 4.78 is 1.73. The van der Waals surface area contributed by atoms with E-state index < -0.39 is 0 Å². The summed E-state index contributed by atoms with van der Waals surface area (Å²) in [5.74, 6) is 3.54. The molecule has 6 nitrogen and oxygen atoms in total. The van der Waals surface area contributed by atoms with Crippen molar-refractivity contribution in [2.24, 2.45) is 5.92 Å². The fourth-order valence-electron chi connectivity index (χ4n) is 2.49. The summed E-state index contributed by atoms with van der Waals surface area (Å²) in [5.41, 5.74) is 0.592. The number of thioether (sulfide) groups is 1. The van der Waals surface area contributed by atoms with Crippen LogP contribution in [0.5, 0.6) is 0 Å². The quantitative estimate of drug-likeness (QED) is 0.667. The molecule has 0 amide bonds. The normalized spacial score (nSPS) is 16.6. The van der Waals surface area contributed by atoms with Gasteiger partial charge in [0, 0.05) is 12.6 Å². The van der Waals surface area contributed by atoms with Gasteiger partial charge in [0.2, 0.25) is 5.82 Å². The zero-order valence-corrected chi connectivity index (χ0v) is 13.1. The monoisotopic (exact) mass is 298 g/mol.